The molecule has 86 valence electrons. The van der Waals surface area contributed by atoms with Gasteiger partial charge in [-0.1, -0.05) is 0 Å². The number of hydrogen-bond acceptors (Lipinski definition) is 6. The predicted molar refractivity (Wildman–Crippen MR) is 74.6 cm³/mol. The number of thioether (sulfide) groups is 3. The Bertz CT molecular complexity index is 407. The van der Waals surface area contributed by atoms with Crippen LogP contribution in [0.15, 0.2) is 25.8 Å². The first kappa shape index (κ1) is 12.2. The molecule has 0 fully saturated rings. The summed E-state index contributed by atoms with van der Waals surface area (Å²) < 4.78 is 16.0. The molecule has 0 unspecified atom stereocenters. The topological polar surface area (TPSA) is 18.5 Å². The third kappa shape index (κ3) is 2.31. The fourth-order valence-electron chi connectivity index (χ4n) is 1.16. The van der Waals surface area contributed by atoms with Gasteiger partial charge in [-0.2, -0.15) is 0 Å². The van der Waals surface area contributed by atoms with Crippen molar-refractivity contribution in [1.29, 1.82) is 0 Å². The van der Waals surface area contributed by atoms with Gasteiger partial charge in [0, 0.05) is 0 Å². The van der Waals surface area contributed by atoms with E-state index in [1.165, 1.54) is 8.04 Å². The summed E-state index contributed by atoms with van der Waals surface area (Å²) in [6.07, 6.45) is 0. The second-order valence-electron chi connectivity index (χ2n) is 2.83. The van der Waals surface area contributed by atoms with Gasteiger partial charge in [0.2, 0.25) is 0 Å². The van der Waals surface area contributed by atoms with E-state index in [1.54, 1.807) is 35.3 Å². The molecule has 3 aliphatic rings. The first-order valence-corrected chi connectivity index (χ1v) is 9.70. The Morgan fingerprint density at radius 3 is 2.25 bits per heavy atom. The number of rotatable bonds is 0. The van der Waals surface area contributed by atoms with Crippen LogP contribution in [0.5, 0.6) is 0 Å². The monoisotopic (exact) mass is 420 g/mol. The summed E-state index contributed by atoms with van der Waals surface area (Å²) in [5.74, 6) is 0. The van der Waals surface area contributed by atoms with Gasteiger partial charge in [0.15, 0.2) is 0 Å². The van der Waals surface area contributed by atoms with Crippen LogP contribution in [0.4, 0.5) is 0 Å². The molecule has 0 saturated carbocycles. The quantitative estimate of drug-likeness (QED) is 0.440. The van der Waals surface area contributed by atoms with Crippen LogP contribution in [-0.2, 0) is 22.1 Å². The van der Waals surface area contributed by atoms with Crippen molar-refractivity contribution in [3.63, 3.8) is 0 Å². The Hall–Kier alpha value is 1.13. The average Bonchev–Trinajstić information content (AvgIpc) is 2.83. The van der Waals surface area contributed by atoms with Crippen molar-refractivity contribution < 1.29 is 9.47 Å². The van der Waals surface area contributed by atoms with Crippen LogP contribution in [0.1, 0.15) is 0 Å². The summed E-state index contributed by atoms with van der Waals surface area (Å²) in [7, 11) is 0. The summed E-state index contributed by atoms with van der Waals surface area (Å²) in [5.41, 5.74) is 0. The van der Waals surface area contributed by atoms with Crippen LogP contribution in [0.3, 0.4) is 0 Å². The molecule has 16 heavy (non-hydrogen) atoms. The molecule has 2 nitrogen and oxygen atoms in total. The summed E-state index contributed by atoms with van der Waals surface area (Å²) >= 11 is 13.7. The second-order valence-corrected chi connectivity index (χ2v) is 11.2. The molecule has 0 aromatic rings. The first-order chi connectivity index (χ1) is 7.74. The fraction of sp³-hybridized carbons (Fsp3) is 0.250. The van der Waals surface area contributed by atoms with Crippen LogP contribution in [-0.4, -0.2) is 44.2 Å². The van der Waals surface area contributed by atoms with E-state index in [4.69, 9.17) is 22.1 Å². The molecule has 0 radical (unpaired) electrons. The van der Waals surface area contributed by atoms with Crippen LogP contribution in [0.25, 0.3) is 0 Å². The van der Waals surface area contributed by atoms with Gasteiger partial charge in [-0.25, -0.2) is 0 Å². The van der Waals surface area contributed by atoms with Gasteiger partial charge in [-0.3, -0.25) is 0 Å². The Morgan fingerprint density at radius 1 is 1.12 bits per heavy atom. The van der Waals surface area contributed by atoms with Crippen molar-refractivity contribution in [3.8, 4) is 0 Å². The second kappa shape index (κ2) is 5.02. The fourth-order valence-corrected chi connectivity index (χ4v) is 9.95. The van der Waals surface area contributed by atoms with Gasteiger partial charge in [-0.15, -0.1) is 0 Å². The van der Waals surface area contributed by atoms with Crippen molar-refractivity contribution in [2.24, 2.45) is 0 Å². The molecule has 8 heteroatoms. The van der Waals surface area contributed by atoms with Crippen molar-refractivity contribution >= 4 is 78.9 Å². The zero-order valence-electron chi connectivity index (χ0n) is 7.68. The summed E-state index contributed by atoms with van der Waals surface area (Å²) in [4.78, 5) is 0. The SMILES string of the molecule is [S-]C1=C([Se-])SC(=C2SC3=C(OCCO3)S2)[Se]1. The average molecular weight is 418 g/mol. The maximum atomic E-state index is 5.56. The minimum absolute atomic E-state index is 0.296. The molecule has 0 atom stereocenters. The summed E-state index contributed by atoms with van der Waals surface area (Å²) in [5, 5.41) is 1.85. The zero-order valence-corrected chi connectivity index (χ0v) is 14.4. The number of ether oxygens (including phenoxy) is 2. The van der Waals surface area contributed by atoms with Crippen molar-refractivity contribution in [3.05, 3.63) is 25.8 Å². The molecule has 0 aliphatic carbocycles. The summed E-state index contributed by atoms with van der Waals surface area (Å²) in [6.45, 7) is 1.31. The Labute approximate surface area is 126 Å². The molecule has 0 N–H and O–H groups in total. The third-order valence-corrected chi connectivity index (χ3v) is 11.3. The van der Waals surface area contributed by atoms with E-state index in [0.29, 0.717) is 28.2 Å². The van der Waals surface area contributed by atoms with E-state index in [0.717, 1.165) is 17.8 Å². The first-order valence-electron chi connectivity index (χ1n) is 4.28. The van der Waals surface area contributed by atoms with Gasteiger partial charge >= 0.3 is 127 Å². The van der Waals surface area contributed by atoms with E-state index >= 15 is 0 Å². The van der Waals surface area contributed by atoms with Gasteiger partial charge in [0.05, 0.1) is 0 Å². The molecule has 0 spiro atoms. The summed E-state index contributed by atoms with van der Waals surface area (Å²) in [6, 6.07) is 0. The minimum atomic E-state index is 0.296. The molecular formula is C8H4O2S4Se2-2. The third-order valence-electron chi connectivity index (χ3n) is 1.79. The van der Waals surface area contributed by atoms with E-state index in [9.17, 15) is 0 Å². The normalized spacial score (nSPS) is 24.8. The van der Waals surface area contributed by atoms with Crippen LogP contribution < -0.4 is 0 Å². The Morgan fingerprint density at radius 2 is 1.75 bits per heavy atom. The maximum absolute atomic E-state index is 5.56. The molecule has 0 saturated heterocycles. The molecule has 0 aromatic heterocycles. The van der Waals surface area contributed by atoms with Crippen molar-refractivity contribution in [1.82, 2.24) is 0 Å². The van der Waals surface area contributed by atoms with E-state index in [2.05, 4.69) is 16.0 Å². The molecule has 0 amide bonds. The Kier molecular flexibility index (Phi) is 3.82. The van der Waals surface area contributed by atoms with Crippen LogP contribution in [0, 0.1) is 0 Å². The molecule has 0 aromatic carbocycles. The Balaban J connectivity index is 1.79. The number of hydrogen-bond donors (Lipinski definition) is 0. The van der Waals surface area contributed by atoms with Gasteiger partial charge in [-0.05, 0) is 0 Å². The standard InChI is InChI=1S/C8H6O2S4Se2/c11-5-7(15)14-8(16-5)6-12-3-4(13-6)10-2-1-9-3/h11,15H,1-2H2/p-2. The molecular weight excluding hydrogens is 414 g/mol. The van der Waals surface area contributed by atoms with Crippen molar-refractivity contribution in [2.75, 3.05) is 13.2 Å². The molecule has 3 aliphatic heterocycles. The molecule has 0 bridgehead atoms. The molecule has 3 heterocycles. The zero-order chi connectivity index (χ0) is 11.1. The predicted octanol–water partition coefficient (Wildman–Crippen LogP) is 2.06. The van der Waals surface area contributed by atoms with E-state index in [1.807, 2.05) is 0 Å². The van der Waals surface area contributed by atoms with Gasteiger partial charge < -0.3 is 0 Å². The van der Waals surface area contributed by atoms with Gasteiger partial charge in [0.25, 0.3) is 0 Å². The van der Waals surface area contributed by atoms with E-state index < -0.39 is 0 Å². The van der Waals surface area contributed by atoms with Crippen LogP contribution in [0.2, 0.25) is 0 Å². The van der Waals surface area contributed by atoms with E-state index in [-0.39, 0.29) is 0 Å². The molecule has 3 rings (SSSR count). The van der Waals surface area contributed by atoms with Crippen molar-refractivity contribution in [2.45, 2.75) is 0 Å². The van der Waals surface area contributed by atoms with Crippen LogP contribution >= 0.6 is 35.3 Å². The van der Waals surface area contributed by atoms with Gasteiger partial charge in [0.1, 0.15) is 0 Å².